The van der Waals surface area contributed by atoms with E-state index in [1.54, 1.807) is 7.11 Å². The molecule has 1 aliphatic heterocycles. The summed E-state index contributed by atoms with van der Waals surface area (Å²) in [5, 5.41) is 5.38. The number of carbonyl (C=O) groups is 3. The van der Waals surface area contributed by atoms with Crippen molar-refractivity contribution in [2.45, 2.75) is 39.2 Å². The van der Waals surface area contributed by atoms with Gasteiger partial charge in [0.05, 0.1) is 13.5 Å². The zero-order valence-electron chi connectivity index (χ0n) is 15.6. The molecule has 1 heterocycles. The summed E-state index contributed by atoms with van der Waals surface area (Å²) in [4.78, 5) is 37.6. The van der Waals surface area contributed by atoms with Crippen molar-refractivity contribution in [1.29, 1.82) is 0 Å². The molecule has 0 radical (unpaired) electrons. The van der Waals surface area contributed by atoms with Crippen molar-refractivity contribution < 1.29 is 19.1 Å². The minimum Gasteiger partial charge on any atom is -0.497 e. The van der Waals surface area contributed by atoms with Crippen molar-refractivity contribution in [3.05, 3.63) is 29.8 Å². The number of nitrogens with one attached hydrogen (secondary N) is 2. The van der Waals surface area contributed by atoms with Gasteiger partial charge >= 0.3 is 6.03 Å². The molecule has 1 fully saturated rings. The Balaban J connectivity index is 1.82. The second-order valence-corrected chi connectivity index (χ2v) is 6.83. The van der Waals surface area contributed by atoms with Gasteiger partial charge in [0.1, 0.15) is 11.8 Å². The van der Waals surface area contributed by atoms with E-state index < -0.39 is 12.1 Å². The largest absolute Gasteiger partial charge is 0.497 e. The van der Waals surface area contributed by atoms with Gasteiger partial charge in [-0.1, -0.05) is 26.0 Å². The second-order valence-electron chi connectivity index (χ2n) is 6.83. The number of amides is 4. The molecule has 1 aromatic rings. The summed E-state index contributed by atoms with van der Waals surface area (Å²) >= 11 is 0. The van der Waals surface area contributed by atoms with Crippen LogP contribution in [0.4, 0.5) is 4.79 Å². The lowest BCUT2D eigenvalue weighted by molar-refractivity contribution is -0.130. The maximum Gasteiger partial charge on any atom is 0.324 e. The van der Waals surface area contributed by atoms with E-state index in [-0.39, 0.29) is 24.8 Å². The highest BCUT2D eigenvalue weighted by Crippen LogP contribution is 2.14. The van der Waals surface area contributed by atoms with Gasteiger partial charge in [0, 0.05) is 13.1 Å². The van der Waals surface area contributed by atoms with Crippen LogP contribution >= 0.6 is 0 Å². The third kappa shape index (κ3) is 5.47. The Kier molecular flexibility index (Phi) is 7.00. The topological polar surface area (TPSA) is 87.7 Å². The zero-order chi connectivity index (χ0) is 19.1. The van der Waals surface area contributed by atoms with E-state index >= 15 is 0 Å². The van der Waals surface area contributed by atoms with Crippen LogP contribution in [0.3, 0.4) is 0 Å². The zero-order valence-corrected chi connectivity index (χ0v) is 15.6. The summed E-state index contributed by atoms with van der Waals surface area (Å²) in [7, 11) is 1.60. The Hall–Kier alpha value is -2.57. The molecule has 0 aromatic heterocycles. The maximum atomic E-state index is 12.4. The van der Waals surface area contributed by atoms with Crippen LogP contribution < -0.4 is 15.4 Å². The van der Waals surface area contributed by atoms with Crippen LogP contribution in [0.5, 0.6) is 5.75 Å². The van der Waals surface area contributed by atoms with E-state index in [1.807, 2.05) is 24.3 Å². The highest BCUT2D eigenvalue weighted by Gasteiger charge is 2.38. The molecule has 7 nitrogen and oxygen atoms in total. The first-order chi connectivity index (χ1) is 12.4. The monoisotopic (exact) mass is 361 g/mol. The lowest BCUT2D eigenvalue weighted by Gasteiger charge is -2.13. The number of nitrogens with zero attached hydrogens (tertiary/aromatic N) is 1. The van der Waals surface area contributed by atoms with E-state index in [2.05, 4.69) is 24.5 Å². The van der Waals surface area contributed by atoms with Crippen LogP contribution in [-0.4, -0.2) is 49.0 Å². The van der Waals surface area contributed by atoms with Crippen LogP contribution in [0.25, 0.3) is 0 Å². The van der Waals surface area contributed by atoms with Gasteiger partial charge in [-0.3, -0.25) is 14.5 Å². The lowest BCUT2D eigenvalue weighted by Crippen LogP contribution is -2.37. The van der Waals surface area contributed by atoms with Gasteiger partial charge in [0.15, 0.2) is 0 Å². The molecule has 0 unspecified atom stereocenters. The van der Waals surface area contributed by atoms with Gasteiger partial charge in [-0.15, -0.1) is 0 Å². The smallest absolute Gasteiger partial charge is 0.324 e. The molecule has 0 aliphatic carbocycles. The van der Waals surface area contributed by atoms with Crippen molar-refractivity contribution in [2.24, 2.45) is 5.92 Å². The highest BCUT2D eigenvalue weighted by atomic mass is 16.5. The van der Waals surface area contributed by atoms with Gasteiger partial charge in [0.2, 0.25) is 5.91 Å². The Morgan fingerprint density at radius 1 is 1.27 bits per heavy atom. The van der Waals surface area contributed by atoms with Gasteiger partial charge in [-0.05, 0) is 36.5 Å². The second kappa shape index (κ2) is 9.22. The summed E-state index contributed by atoms with van der Waals surface area (Å²) in [6.07, 6.45) is 1.41. The third-order valence-corrected chi connectivity index (χ3v) is 4.32. The Bertz CT molecular complexity index is 643. The quantitative estimate of drug-likeness (QED) is 0.656. The average molecular weight is 361 g/mol. The molecule has 4 amide bonds. The number of methoxy groups -OCH3 is 1. The minimum absolute atomic E-state index is 0.0261. The van der Waals surface area contributed by atoms with Crippen LogP contribution in [-0.2, 0) is 16.0 Å². The van der Waals surface area contributed by atoms with Crippen LogP contribution in [0.2, 0.25) is 0 Å². The van der Waals surface area contributed by atoms with Gasteiger partial charge in [0.25, 0.3) is 5.91 Å². The highest BCUT2D eigenvalue weighted by molar-refractivity contribution is 6.05. The number of ether oxygens (including phenoxy) is 1. The Morgan fingerprint density at radius 2 is 1.96 bits per heavy atom. The SMILES string of the molecule is COc1ccc(CCN2C(=O)N[C@@H](CC(=O)NCCC(C)C)C2=O)cc1. The van der Waals surface area contributed by atoms with E-state index in [0.29, 0.717) is 18.9 Å². The van der Waals surface area contributed by atoms with E-state index in [4.69, 9.17) is 4.74 Å². The molecule has 0 spiro atoms. The Labute approximate surface area is 154 Å². The number of hydrogen-bond donors (Lipinski definition) is 2. The molecular formula is C19H27N3O4. The van der Waals surface area contributed by atoms with Gasteiger partial charge in [-0.25, -0.2) is 4.79 Å². The van der Waals surface area contributed by atoms with Crippen LogP contribution in [0.1, 0.15) is 32.3 Å². The van der Waals surface area contributed by atoms with E-state index in [1.165, 1.54) is 4.90 Å². The number of imide groups is 1. The summed E-state index contributed by atoms with van der Waals surface area (Å²) in [6.45, 7) is 5.01. The van der Waals surface area contributed by atoms with E-state index in [9.17, 15) is 14.4 Å². The van der Waals surface area contributed by atoms with Crippen molar-refractivity contribution in [1.82, 2.24) is 15.5 Å². The average Bonchev–Trinajstić information content (AvgIpc) is 2.86. The lowest BCUT2D eigenvalue weighted by atomic mass is 10.1. The first-order valence-electron chi connectivity index (χ1n) is 8.92. The Morgan fingerprint density at radius 3 is 2.58 bits per heavy atom. The number of carbonyl (C=O) groups excluding carboxylic acids is 3. The fraction of sp³-hybridized carbons (Fsp3) is 0.526. The summed E-state index contributed by atoms with van der Waals surface area (Å²) in [5.74, 6) is 0.688. The standard InChI is InChI=1S/C19H27N3O4/c1-13(2)8-10-20-17(23)12-16-18(24)22(19(25)21-16)11-9-14-4-6-15(26-3)7-5-14/h4-7,13,16H,8-12H2,1-3H3,(H,20,23)(H,21,25)/t16-/m0/s1. The molecule has 0 saturated carbocycles. The van der Waals surface area contributed by atoms with Crippen molar-refractivity contribution in [2.75, 3.05) is 20.2 Å². The molecule has 7 heteroatoms. The first-order valence-corrected chi connectivity index (χ1v) is 8.92. The van der Waals surface area contributed by atoms with Crippen molar-refractivity contribution in [3.63, 3.8) is 0 Å². The molecule has 2 N–H and O–H groups in total. The number of benzene rings is 1. The molecule has 26 heavy (non-hydrogen) atoms. The van der Waals surface area contributed by atoms with Crippen molar-refractivity contribution in [3.8, 4) is 5.75 Å². The summed E-state index contributed by atoms with van der Waals surface area (Å²) in [5.41, 5.74) is 1.00. The molecule has 0 bridgehead atoms. The van der Waals surface area contributed by atoms with E-state index in [0.717, 1.165) is 17.7 Å². The van der Waals surface area contributed by atoms with Gasteiger partial charge in [-0.2, -0.15) is 0 Å². The molecule has 142 valence electrons. The molecule has 1 saturated heterocycles. The molecule has 1 atom stereocenters. The number of urea groups is 1. The summed E-state index contributed by atoms with van der Waals surface area (Å²) in [6, 6.07) is 6.26. The summed E-state index contributed by atoms with van der Waals surface area (Å²) < 4.78 is 5.11. The number of hydrogen-bond acceptors (Lipinski definition) is 4. The fourth-order valence-electron chi connectivity index (χ4n) is 2.72. The molecule has 1 aromatic carbocycles. The fourth-order valence-corrected chi connectivity index (χ4v) is 2.72. The van der Waals surface area contributed by atoms with Crippen LogP contribution in [0, 0.1) is 5.92 Å². The molecule has 2 rings (SSSR count). The third-order valence-electron chi connectivity index (χ3n) is 4.32. The van der Waals surface area contributed by atoms with Crippen molar-refractivity contribution >= 4 is 17.8 Å². The first kappa shape index (κ1) is 19.8. The normalized spacial score (nSPS) is 16.8. The molecule has 1 aliphatic rings. The minimum atomic E-state index is -0.780. The maximum absolute atomic E-state index is 12.4. The van der Waals surface area contributed by atoms with Gasteiger partial charge < -0.3 is 15.4 Å². The predicted molar refractivity (Wildman–Crippen MR) is 97.8 cm³/mol. The van der Waals surface area contributed by atoms with Crippen LogP contribution in [0.15, 0.2) is 24.3 Å². The number of rotatable bonds is 9. The molecular weight excluding hydrogens is 334 g/mol. The predicted octanol–water partition coefficient (Wildman–Crippen LogP) is 1.71.